The third kappa shape index (κ3) is 3.95. The second-order valence-electron chi connectivity index (χ2n) is 6.59. The molecule has 1 fully saturated rings. The molecule has 1 aromatic carbocycles. The number of furan rings is 1. The number of hydrogen-bond donors (Lipinski definition) is 1. The maximum atomic E-state index is 12.9. The van der Waals surface area contributed by atoms with Gasteiger partial charge in [0.05, 0.1) is 30.5 Å². The number of rotatable bonds is 6. The molecule has 1 atom stereocenters. The third-order valence-electron chi connectivity index (χ3n) is 4.78. The smallest absolute Gasteiger partial charge is 0.253 e. The summed E-state index contributed by atoms with van der Waals surface area (Å²) in [5, 5.41) is 14.2. The van der Waals surface area contributed by atoms with Gasteiger partial charge < -0.3 is 14.5 Å². The van der Waals surface area contributed by atoms with Crippen molar-refractivity contribution in [2.24, 2.45) is 0 Å². The van der Waals surface area contributed by atoms with Crippen LogP contribution in [0.2, 0.25) is 0 Å². The Balaban J connectivity index is 1.52. The summed E-state index contributed by atoms with van der Waals surface area (Å²) in [4.78, 5) is 15.2. The normalized spacial score (nSPS) is 16.0. The van der Waals surface area contributed by atoms with Crippen molar-refractivity contribution in [3.63, 3.8) is 0 Å². The number of carbonyl (C=O) groups is 1. The minimum atomic E-state index is -0.187. The molecule has 0 saturated carbocycles. The molecule has 1 unspecified atom stereocenters. The number of hydrogen-bond acceptors (Lipinski definition) is 7. The molecule has 3 aromatic rings. The SMILES string of the molecule is Cc1ccc(C(CNC(=O)c2ccccc2-n2cnnn2)N2CCOCC2)o1. The highest BCUT2D eigenvalue weighted by molar-refractivity contribution is 5.97. The van der Waals surface area contributed by atoms with E-state index in [9.17, 15) is 4.79 Å². The largest absolute Gasteiger partial charge is 0.465 e. The number of aromatic nitrogens is 4. The predicted octanol–water partition coefficient (Wildman–Crippen LogP) is 1.37. The van der Waals surface area contributed by atoms with Crippen LogP contribution in [0.5, 0.6) is 0 Å². The molecule has 2 aromatic heterocycles. The van der Waals surface area contributed by atoms with Crippen molar-refractivity contribution in [1.29, 1.82) is 0 Å². The van der Waals surface area contributed by atoms with Crippen LogP contribution in [0.15, 0.2) is 47.1 Å². The quantitative estimate of drug-likeness (QED) is 0.687. The lowest BCUT2D eigenvalue weighted by Gasteiger charge is -2.33. The fraction of sp³-hybridized carbons (Fsp3) is 0.368. The molecule has 3 heterocycles. The van der Waals surface area contributed by atoms with Gasteiger partial charge >= 0.3 is 0 Å². The van der Waals surface area contributed by atoms with Gasteiger partial charge in [-0.05, 0) is 41.6 Å². The van der Waals surface area contributed by atoms with E-state index < -0.39 is 0 Å². The van der Waals surface area contributed by atoms with Gasteiger partial charge in [-0.3, -0.25) is 9.69 Å². The molecule has 146 valence electrons. The van der Waals surface area contributed by atoms with Crippen molar-refractivity contribution in [2.45, 2.75) is 13.0 Å². The van der Waals surface area contributed by atoms with E-state index >= 15 is 0 Å². The van der Waals surface area contributed by atoms with Crippen molar-refractivity contribution < 1.29 is 13.9 Å². The average molecular weight is 382 g/mol. The molecule has 1 aliphatic rings. The Morgan fingerprint density at radius 2 is 2.04 bits per heavy atom. The monoisotopic (exact) mass is 382 g/mol. The number of aryl methyl sites for hydroxylation is 1. The highest BCUT2D eigenvalue weighted by atomic mass is 16.5. The van der Waals surface area contributed by atoms with Crippen LogP contribution in [-0.4, -0.2) is 63.9 Å². The number of para-hydroxylation sites is 1. The van der Waals surface area contributed by atoms with Crippen LogP contribution in [0.1, 0.15) is 27.9 Å². The topological polar surface area (TPSA) is 98.3 Å². The van der Waals surface area contributed by atoms with Gasteiger partial charge in [0, 0.05) is 19.6 Å². The molecule has 1 N–H and O–H groups in total. The lowest BCUT2D eigenvalue weighted by atomic mass is 10.1. The molecule has 0 bridgehead atoms. The summed E-state index contributed by atoms with van der Waals surface area (Å²) in [6.45, 7) is 5.28. The third-order valence-corrected chi connectivity index (χ3v) is 4.78. The first kappa shape index (κ1) is 18.3. The standard InChI is InChI=1S/C19H22N6O3/c1-14-6-7-18(28-14)17(24-8-10-27-11-9-24)12-20-19(26)15-4-2-3-5-16(15)25-13-21-22-23-25/h2-7,13,17H,8-12H2,1H3,(H,20,26). The number of carbonyl (C=O) groups excluding carboxylic acids is 1. The molecule has 0 spiro atoms. The summed E-state index contributed by atoms with van der Waals surface area (Å²) in [5.41, 5.74) is 1.13. The van der Waals surface area contributed by atoms with Crippen molar-refractivity contribution in [3.05, 3.63) is 59.8 Å². The first-order valence-electron chi connectivity index (χ1n) is 9.21. The van der Waals surface area contributed by atoms with Crippen molar-refractivity contribution >= 4 is 5.91 Å². The van der Waals surface area contributed by atoms with E-state index in [4.69, 9.17) is 9.15 Å². The van der Waals surface area contributed by atoms with Gasteiger partial charge in [-0.1, -0.05) is 12.1 Å². The number of benzene rings is 1. The summed E-state index contributed by atoms with van der Waals surface area (Å²) in [6.07, 6.45) is 1.47. The molecule has 9 nitrogen and oxygen atoms in total. The summed E-state index contributed by atoms with van der Waals surface area (Å²) < 4.78 is 12.8. The summed E-state index contributed by atoms with van der Waals surface area (Å²) >= 11 is 0. The molecule has 0 aliphatic carbocycles. The van der Waals surface area contributed by atoms with Crippen LogP contribution in [0.25, 0.3) is 5.69 Å². The highest BCUT2D eigenvalue weighted by Gasteiger charge is 2.26. The molecule has 0 radical (unpaired) electrons. The fourth-order valence-electron chi connectivity index (χ4n) is 3.35. The molecular weight excluding hydrogens is 360 g/mol. The van der Waals surface area contributed by atoms with Crippen LogP contribution in [0.4, 0.5) is 0 Å². The van der Waals surface area contributed by atoms with E-state index in [1.165, 1.54) is 11.0 Å². The van der Waals surface area contributed by atoms with Gasteiger partial charge in [0.1, 0.15) is 17.8 Å². The van der Waals surface area contributed by atoms with Crippen LogP contribution in [-0.2, 0) is 4.74 Å². The van der Waals surface area contributed by atoms with Gasteiger partial charge in [0.25, 0.3) is 5.91 Å². The summed E-state index contributed by atoms with van der Waals surface area (Å²) in [5.74, 6) is 1.50. The van der Waals surface area contributed by atoms with E-state index in [-0.39, 0.29) is 11.9 Å². The maximum absolute atomic E-state index is 12.9. The van der Waals surface area contributed by atoms with E-state index in [1.54, 1.807) is 12.1 Å². The zero-order chi connectivity index (χ0) is 19.3. The average Bonchev–Trinajstić information content (AvgIpc) is 3.41. The maximum Gasteiger partial charge on any atom is 0.253 e. The molecular formula is C19H22N6O3. The Morgan fingerprint density at radius 3 is 2.75 bits per heavy atom. The molecule has 4 rings (SSSR count). The summed E-state index contributed by atoms with van der Waals surface area (Å²) in [6, 6.07) is 11.1. The van der Waals surface area contributed by atoms with Gasteiger partial charge in [-0.2, -0.15) is 4.68 Å². The van der Waals surface area contributed by atoms with E-state index in [2.05, 4.69) is 25.7 Å². The first-order valence-corrected chi connectivity index (χ1v) is 9.21. The number of amides is 1. The minimum absolute atomic E-state index is 0.0539. The number of tetrazole rings is 1. The van der Waals surface area contributed by atoms with Gasteiger partial charge in [0.2, 0.25) is 0 Å². The first-order chi connectivity index (χ1) is 13.7. The second-order valence-corrected chi connectivity index (χ2v) is 6.59. The predicted molar refractivity (Wildman–Crippen MR) is 100 cm³/mol. The van der Waals surface area contributed by atoms with Crippen LogP contribution in [0, 0.1) is 6.92 Å². The van der Waals surface area contributed by atoms with Crippen LogP contribution >= 0.6 is 0 Å². The number of nitrogens with zero attached hydrogens (tertiary/aromatic N) is 5. The lowest BCUT2D eigenvalue weighted by Crippen LogP contribution is -2.43. The number of nitrogens with one attached hydrogen (secondary N) is 1. The van der Waals surface area contributed by atoms with Crippen LogP contribution < -0.4 is 5.32 Å². The molecule has 9 heteroatoms. The van der Waals surface area contributed by atoms with Crippen molar-refractivity contribution in [2.75, 3.05) is 32.8 Å². The minimum Gasteiger partial charge on any atom is -0.465 e. The second kappa shape index (κ2) is 8.32. The number of ether oxygens (including phenoxy) is 1. The van der Waals surface area contributed by atoms with E-state index in [1.807, 2.05) is 31.2 Å². The molecule has 1 amide bonds. The molecule has 28 heavy (non-hydrogen) atoms. The van der Waals surface area contributed by atoms with Gasteiger partial charge in [0.15, 0.2) is 0 Å². The van der Waals surface area contributed by atoms with Crippen molar-refractivity contribution in [1.82, 2.24) is 30.4 Å². The lowest BCUT2D eigenvalue weighted by molar-refractivity contribution is 0.0117. The number of morpholine rings is 1. The van der Waals surface area contributed by atoms with E-state index in [0.717, 1.165) is 24.6 Å². The Hall–Kier alpha value is -3.04. The summed E-state index contributed by atoms with van der Waals surface area (Å²) in [7, 11) is 0. The van der Waals surface area contributed by atoms with Crippen molar-refractivity contribution in [3.8, 4) is 5.69 Å². The Morgan fingerprint density at radius 1 is 1.21 bits per heavy atom. The Bertz CT molecular complexity index is 917. The molecule has 1 aliphatic heterocycles. The Labute approximate surface area is 162 Å². The van der Waals surface area contributed by atoms with Crippen LogP contribution in [0.3, 0.4) is 0 Å². The Kier molecular flexibility index (Phi) is 5.45. The van der Waals surface area contributed by atoms with Gasteiger partial charge in [-0.15, -0.1) is 5.10 Å². The fourth-order valence-corrected chi connectivity index (χ4v) is 3.35. The molecule has 1 saturated heterocycles. The van der Waals surface area contributed by atoms with E-state index in [0.29, 0.717) is 31.0 Å². The zero-order valence-corrected chi connectivity index (χ0v) is 15.6. The zero-order valence-electron chi connectivity index (χ0n) is 15.6. The van der Waals surface area contributed by atoms with Gasteiger partial charge in [-0.25, -0.2) is 0 Å². The highest BCUT2D eigenvalue weighted by Crippen LogP contribution is 2.23.